The maximum absolute atomic E-state index is 11.6. The normalized spacial score (nSPS) is 12.0. The standard InChI is InChI=1S/C8H16F3NO/c1-2-5-13-6-3-4-12-7-8(9,10)11/h12H,2-7H2,1H3. The van der Waals surface area contributed by atoms with Gasteiger partial charge >= 0.3 is 6.18 Å². The third-order valence-corrected chi connectivity index (χ3v) is 1.32. The van der Waals surface area contributed by atoms with E-state index in [2.05, 4.69) is 5.32 Å². The van der Waals surface area contributed by atoms with Crippen molar-refractivity contribution < 1.29 is 17.9 Å². The fraction of sp³-hybridized carbons (Fsp3) is 1.00. The van der Waals surface area contributed by atoms with Gasteiger partial charge in [0.05, 0.1) is 6.54 Å². The number of hydrogen-bond acceptors (Lipinski definition) is 2. The van der Waals surface area contributed by atoms with Gasteiger partial charge in [-0.15, -0.1) is 0 Å². The molecule has 0 bridgehead atoms. The Balaban J connectivity index is 3.00. The molecule has 0 aliphatic rings. The van der Waals surface area contributed by atoms with E-state index in [1.54, 1.807) is 0 Å². The number of nitrogens with one attached hydrogen (secondary N) is 1. The van der Waals surface area contributed by atoms with Gasteiger partial charge in [-0.1, -0.05) is 6.92 Å². The molecule has 0 amide bonds. The Morgan fingerprint density at radius 2 is 1.92 bits per heavy atom. The van der Waals surface area contributed by atoms with E-state index in [1.165, 1.54) is 0 Å². The maximum Gasteiger partial charge on any atom is 0.401 e. The van der Waals surface area contributed by atoms with Gasteiger partial charge in [-0.3, -0.25) is 0 Å². The highest BCUT2D eigenvalue weighted by Gasteiger charge is 2.25. The monoisotopic (exact) mass is 199 g/mol. The summed E-state index contributed by atoms with van der Waals surface area (Å²) in [5, 5.41) is 2.30. The molecule has 0 unspecified atom stereocenters. The molecule has 5 heteroatoms. The van der Waals surface area contributed by atoms with Gasteiger partial charge in [0.15, 0.2) is 0 Å². The minimum Gasteiger partial charge on any atom is -0.381 e. The van der Waals surface area contributed by atoms with Gasteiger partial charge in [0.1, 0.15) is 0 Å². The molecule has 0 atom stereocenters. The van der Waals surface area contributed by atoms with Crippen LogP contribution in [0.4, 0.5) is 13.2 Å². The molecule has 0 heterocycles. The molecule has 0 aromatic heterocycles. The van der Waals surface area contributed by atoms with Crippen LogP contribution < -0.4 is 5.32 Å². The van der Waals surface area contributed by atoms with Crippen LogP contribution >= 0.6 is 0 Å². The summed E-state index contributed by atoms with van der Waals surface area (Å²) in [6.07, 6.45) is -2.55. The Labute approximate surface area is 76.5 Å². The molecule has 0 radical (unpaired) electrons. The van der Waals surface area contributed by atoms with E-state index < -0.39 is 12.7 Å². The van der Waals surface area contributed by atoms with Crippen molar-refractivity contribution in [2.24, 2.45) is 0 Å². The van der Waals surface area contributed by atoms with Crippen LogP contribution in [0.3, 0.4) is 0 Å². The maximum atomic E-state index is 11.6. The molecule has 1 N–H and O–H groups in total. The second kappa shape index (κ2) is 7.15. The van der Waals surface area contributed by atoms with Crippen molar-refractivity contribution in [2.45, 2.75) is 25.9 Å². The van der Waals surface area contributed by atoms with Crippen LogP contribution in [0.5, 0.6) is 0 Å². The molecule has 0 rings (SSSR count). The summed E-state index contributed by atoms with van der Waals surface area (Å²) >= 11 is 0. The largest absolute Gasteiger partial charge is 0.401 e. The number of hydrogen-bond donors (Lipinski definition) is 1. The van der Waals surface area contributed by atoms with Crippen molar-refractivity contribution in [1.82, 2.24) is 5.32 Å². The van der Waals surface area contributed by atoms with E-state index in [0.29, 0.717) is 26.2 Å². The average Bonchev–Trinajstić information content (AvgIpc) is 2.01. The van der Waals surface area contributed by atoms with Gasteiger partial charge in [-0.05, 0) is 19.4 Å². The van der Waals surface area contributed by atoms with Crippen molar-refractivity contribution in [2.75, 3.05) is 26.3 Å². The molecule has 0 aliphatic heterocycles. The minimum absolute atomic E-state index is 0.350. The summed E-state index contributed by atoms with van der Waals surface area (Å²) in [4.78, 5) is 0. The van der Waals surface area contributed by atoms with Crippen LogP contribution in [0.15, 0.2) is 0 Å². The molecular formula is C8H16F3NO. The van der Waals surface area contributed by atoms with E-state index in [-0.39, 0.29) is 0 Å². The lowest BCUT2D eigenvalue weighted by Crippen LogP contribution is -2.29. The summed E-state index contributed by atoms with van der Waals surface area (Å²) in [5.41, 5.74) is 0. The second-order valence-corrected chi connectivity index (χ2v) is 2.76. The summed E-state index contributed by atoms with van der Waals surface area (Å²) in [5.74, 6) is 0. The van der Waals surface area contributed by atoms with Gasteiger partial charge in [0.25, 0.3) is 0 Å². The Morgan fingerprint density at radius 1 is 1.23 bits per heavy atom. The van der Waals surface area contributed by atoms with Crippen molar-refractivity contribution in [1.29, 1.82) is 0 Å². The molecule has 0 aromatic carbocycles. The Hall–Kier alpha value is -0.290. The van der Waals surface area contributed by atoms with Crippen LogP contribution in [-0.2, 0) is 4.74 Å². The van der Waals surface area contributed by atoms with Gasteiger partial charge in [-0.2, -0.15) is 13.2 Å². The van der Waals surface area contributed by atoms with E-state index in [9.17, 15) is 13.2 Å². The van der Waals surface area contributed by atoms with Crippen LogP contribution in [-0.4, -0.2) is 32.5 Å². The quantitative estimate of drug-likeness (QED) is 0.633. The molecule has 0 aliphatic carbocycles. The van der Waals surface area contributed by atoms with E-state index in [4.69, 9.17) is 4.74 Å². The second-order valence-electron chi connectivity index (χ2n) is 2.76. The number of rotatable bonds is 7. The van der Waals surface area contributed by atoms with Gasteiger partial charge in [-0.25, -0.2) is 0 Å². The SMILES string of the molecule is CCCOCCCNCC(F)(F)F. The lowest BCUT2D eigenvalue weighted by Gasteiger charge is -2.07. The smallest absolute Gasteiger partial charge is 0.381 e. The van der Waals surface area contributed by atoms with Gasteiger partial charge < -0.3 is 10.1 Å². The highest BCUT2D eigenvalue weighted by molar-refractivity contribution is 4.55. The van der Waals surface area contributed by atoms with Crippen LogP contribution in [0.2, 0.25) is 0 Å². The van der Waals surface area contributed by atoms with Gasteiger partial charge in [0, 0.05) is 13.2 Å². The summed E-state index contributed by atoms with van der Waals surface area (Å²) < 4.78 is 39.9. The number of alkyl halides is 3. The molecule has 0 fully saturated rings. The predicted molar refractivity (Wildman–Crippen MR) is 44.7 cm³/mol. The molecule has 13 heavy (non-hydrogen) atoms. The van der Waals surface area contributed by atoms with Crippen LogP contribution in [0.25, 0.3) is 0 Å². The zero-order valence-electron chi connectivity index (χ0n) is 7.78. The lowest BCUT2D eigenvalue weighted by molar-refractivity contribution is -0.124. The molecule has 0 spiro atoms. The fourth-order valence-corrected chi connectivity index (χ4v) is 0.776. The van der Waals surface area contributed by atoms with E-state index in [1.807, 2.05) is 6.92 Å². The average molecular weight is 199 g/mol. The third kappa shape index (κ3) is 11.7. The summed E-state index contributed by atoms with van der Waals surface area (Å²) in [6, 6.07) is 0. The Kier molecular flexibility index (Phi) is 6.99. The lowest BCUT2D eigenvalue weighted by atomic mass is 10.4. The molecule has 0 saturated carbocycles. The minimum atomic E-state index is -4.11. The Bertz CT molecular complexity index is 116. The third-order valence-electron chi connectivity index (χ3n) is 1.32. The van der Waals surface area contributed by atoms with Crippen molar-refractivity contribution in [3.63, 3.8) is 0 Å². The first-order chi connectivity index (χ1) is 6.06. The molecule has 2 nitrogen and oxygen atoms in total. The van der Waals surface area contributed by atoms with Crippen LogP contribution in [0.1, 0.15) is 19.8 Å². The van der Waals surface area contributed by atoms with Crippen molar-refractivity contribution in [3.8, 4) is 0 Å². The molecule has 0 saturated heterocycles. The first-order valence-electron chi connectivity index (χ1n) is 4.41. The summed E-state index contributed by atoms with van der Waals surface area (Å²) in [6.45, 7) is 2.63. The van der Waals surface area contributed by atoms with Crippen molar-refractivity contribution in [3.05, 3.63) is 0 Å². The zero-order valence-corrected chi connectivity index (χ0v) is 7.78. The predicted octanol–water partition coefficient (Wildman–Crippen LogP) is 1.96. The highest BCUT2D eigenvalue weighted by atomic mass is 19.4. The number of halogens is 3. The molecular weight excluding hydrogens is 183 g/mol. The van der Waals surface area contributed by atoms with E-state index in [0.717, 1.165) is 6.42 Å². The number of ether oxygens (including phenoxy) is 1. The highest BCUT2D eigenvalue weighted by Crippen LogP contribution is 2.11. The van der Waals surface area contributed by atoms with Crippen LogP contribution in [0, 0.1) is 0 Å². The molecule has 0 aromatic rings. The Morgan fingerprint density at radius 3 is 2.46 bits per heavy atom. The summed E-state index contributed by atoms with van der Waals surface area (Å²) in [7, 11) is 0. The van der Waals surface area contributed by atoms with Crippen molar-refractivity contribution >= 4 is 0 Å². The first-order valence-corrected chi connectivity index (χ1v) is 4.41. The van der Waals surface area contributed by atoms with E-state index >= 15 is 0 Å². The topological polar surface area (TPSA) is 21.3 Å². The first kappa shape index (κ1) is 12.7. The zero-order chi connectivity index (χ0) is 10.2. The van der Waals surface area contributed by atoms with Gasteiger partial charge in [0.2, 0.25) is 0 Å². The fourth-order valence-electron chi connectivity index (χ4n) is 0.776. The molecule has 80 valence electrons.